The van der Waals surface area contributed by atoms with Gasteiger partial charge in [0.15, 0.2) is 0 Å². The molecule has 0 aliphatic heterocycles. The van der Waals surface area contributed by atoms with E-state index in [1.165, 1.54) is 6.08 Å². The molecule has 1 amide bonds. The highest BCUT2D eigenvalue weighted by Gasteiger charge is 2.31. The van der Waals surface area contributed by atoms with Crippen molar-refractivity contribution in [2.24, 2.45) is 0 Å². The van der Waals surface area contributed by atoms with Crippen LogP contribution < -0.4 is 5.32 Å². The smallest absolute Gasteiger partial charge is 0.408 e. The van der Waals surface area contributed by atoms with Gasteiger partial charge >= 0.3 is 18.0 Å². The molecule has 7 nitrogen and oxygen atoms in total. The number of ether oxygens (including phenoxy) is 3. The van der Waals surface area contributed by atoms with Crippen molar-refractivity contribution in [1.29, 1.82) is 0 Å². The second-order valence-corrected chi connectivity index (χ2v) is 2.97. The third-order valence-corrected chi connectivity index (χ3v) is 1.64. The average Bonchev–Trinajstić information content (AvgIpc) is 2.33. The monoisotopic (exact) mass is 259 g/mol. The van der Waals surface area contributed by atoms with Crippen molar-refractivity contribution < 1.29 is 28.6 Å². The number of hydrogen-bond donors (Lipinski definition) is 1. The van der Waals surface area contributed by atoms with Crippen LogP contribution in [0.4, 0.5) is 4.79 Å². The molecule has 7 heteroatoms. The molecule has 0 spiro atoms. The molecule has 0 saturated heterocycles. The van der Waals surface area contributed by atoms with Crippen molar-refractivity contribution in [1.82, 2.24) is 5.32 Å². The quantitative estimate of drug-likeness (QED) is 0.308. The van der Waals surface area contributed by atoms with Gasteiger partial charge in [-0.2, -0.15) is 0 Å². The van der Waals surface area contributed by atoms with Crippen LogP contribution in [0.25, 0.3) is 0 Å². The maximum absolute atomic E-state index is 11.5. The molecule has 0 radical (unpaired) electrons. The molecule has 18 heavy (non-hydrogen) atoms. The minimum absolute atomic E-state index is 0.0375. The number of hydrogen-bond acceptors (Lipinski definition) is 6. The summed E-state index contributed by atoms with van der Waals surface area (Å²) in [4.78, 5) is 34.1. The SMILES string of the molecule is C=CCOC(=O)NC(C(=O)OCC)C(=O)OCC. The first kappa shape index (κ1) is 16.0. The van der Waals surface area contributed by atoms with Gasteiger partial charge in [-0.1, -0.05) is 12.7 Å². The molecule has 0 rings (SSSR count). The Morgan fingerprint density at radius 3 is 2.00 bits per heavy atom. The third-order valence-electron chi connectivity index (χ3n) is 1.64. The Bertz CT molecular complexity index is 297. The number of amides is 1. The molecule has 0 aromatic rings. The van der Waals surface area contributed by atoms with Gasteiger partial charge in [-0.15, -0.1) is 0 Å². The first-order chi connectivity index (χ1) is 8.56. The van der Waals surface area contributed by atoms with Crippen LogP contribution in [0, 0.1) is 0 Å². The number of carbonyl (C=O) groups excluding carboxylic acids is 3. The molecule has 0 aliphatic carbocycles. The highest BCUT2D eigenvalue weighted by Crippen LogP contribution is 1.95. The first-order valence-electron chi connectivity index (χ1n) is 5.44. The summed E-state index contributed by atoms with van der Waals surface area (Å²) in [6, 6.07) is -1.53. The lowest BCUT2D eigenvalue weighted by molar-refractivity contribution is -0.157. The third kappa shape index (κ3) is 5.88. The maximum atomic E-state index is 11.5. The van der Waals surface area contributed by atoms with Crippen LogP contribution in [0.1, 0.15) is 13.8 Å². The highest BCUT2D eigenvalue weighted by atomic mass is 16.6. The van der Waals surface area contributed by atoms with Crippen molar-refractivity contribution >= 4 is 18.0 Å². The van der Waals surface area contributed by atoms with Gasteiger partial charge in [-0.25, -0.2) is 14.4 Å². The standard InChI is InChI=1S/C11H17NO6/c1-4-7-18-11(15)12-8(9(13)16-5-2)10(14)17-6-3/h4,8H,1,5-7H2,2-3H3,(H,12,15). The number of carbonyl (C=O) groups is 3. The van der Waals surface area contributed by atoms with Gasteiger partial charge in [0, 0.05) is 0 Å². The van der Waals surface area contributed by atoms with E-state index in [2.05, 4.69) is 26.1 Å². The Morgan fingerprint density at radius 1 is 1.11 bits per heavy atom. The molecule has 0 aliphatic rings. The average molecular weight is 259 g/mol. The molecule has 0 atom stereocenters. The van der Waals surface area contributed by atoms with E-state index in [-0.39, 0.29) is 19.8 Å². The van der Waals surface area contributed by atoms with Gasteiger partial charge in [0.25, 0.3) is 0 Å². The summed E-state index contributed by atoms with van der Waals surface area (Å²) in [5.74, 6) is -1.79. The summed E-state index contributed by atoms with van der Waals surface area (Å²) in [6.07, 6.45) is 0.421. The Morgan fingerprint density at radius 2 is 1.61 bits per heavy atom. The zero-order valence-corrected chi connectivity index (χ0v) is 10.4. The Kier molecular flexibility index (Phi) is 8.00. The van der Waals surface area contributed by atoms with Gasteiger partial charge in [0.05, 0.1) is 13.2 Å². The lowest BCUT2D eigenvalue weighted by Gasteiger charge is -2.15. The van der Waals surface area contributed by atoms with E-state index < -0.39 is 24.1 Å². The molecule has 0 aromatic carbocycles. The summed E-state index contributed by atoms with van der Waals surface area (Å²) in [7, 11) is 0. The van der Waals surface area contributed by atoms with E-state index >= 15 is 0 Å². The van der Waals surface area contributed by atoms with E-state index in [9.17, 15) is 14.4 Å². The number of esters is 2. The van der Waals surface area contributed by atoms with Crippen molar-refractivity contribution in [3.63, 3.8) is 0 Å². The normalized spacial score (nSPS) is 9.50. The van der Waals surface area contributed by atoms with Crippen molar-refractivity contribution in [3.05, 3.63) is 12.7 Å². The molecule has 0 unspecified atom stereocenters. The molecule has 0 bridgehead atoms. The first-order valence-corrected chi connectivity index (χ1v) is 5.44. The van der Waals surface area contributed by atoms with Crippen LogP contribution in [0.2, 0.25) is 0 Å². The van der Waals surface area contributed by atoms with Crippen LogP contribution in [-0.2, 0) is 23.8 Å². The zero-order chi connectivity index (χ0) is 14.0. The van der Waals surface area contributed by atoms with Crippen LogP contribution in [0.15, 0.2) is 12.7 Å². The van der Waals surface area contributed by atoms with Gasteiger partial charge < -0.3 is 14.2 Å². The molecule has 1 N–H and O–H groups in total. The minimum atomic E-state index is -1.53. The van der Waals surface area contributed by atoms with E-state index in [0.29, 0.717) is 0 Å². The molecular weight excluding hydrogens is 242 g/mol. The van der Waals surface area contributed by atoms with Crippen molar-refractivity contribution in [3.8, 4) is 0 Å². The van der Waals surface area contributed by atoms with Gasteiger partial charge in [0.1, 0.15) is 6.61 Å². The van der Waals surface area contributed by atoms with Gasteiger partial charge in [0.2, 0.25) is 6.04 Å². The van der Waals surface area contributed by atoms with E-state index in [0.717, 1.165) is 0 Å². The van der Waals surface area contributed by atoms with Gasteiger partial charge in [-0.05, 0) is 13.8 Å². The summed E-state index contributed by atoms with van der Waals surface area (Å²) >= 11 is 0. The van der Waals surface area contributed by atoms with Crippen LogP contribution in [-0.4, -0.2) is 43.9 Å². The lowest BCUT2D eigenvalue weighted by Crippen LogP contribution is -2.48. The van der Waals surface area contributed by atoms with Crippen LogP contribution >= 0.6 is 0 Å². The highest BCUT2D eigenvalue weighted by molar-refractivity contribution is 6.01. The fraction of sp³-hybridized carbons (Fsp3) is 0.545. The van der Waals surface area contributed by atoms with Crippen LogP contribution in [0.5, 0.6) is 0 Å². The number of rotatable bonds is 7. The summed E-state index contributed by atoms with van der Waals surface area (Å²) in [6.45, 7) is 6.64. The zero-order valence-electron chi connectivity index (χ0n) is 10.4. The Labute approximate surface area is 105 Å². The fourth-order valence-corrected chi connectivity index (χ4v) is 0.959. The van der Waals surface area contributed by atoms with Gasteiger partial charge in [-0.3, -0.25) is 5.32 Å². The van der Waals surface area contributed by atoms with E-state index in [4.69, 9.17) is 0 Å². The van der Waals surface area contributed by atoms with Crippen molar-refractivity contribution in [2.45, 2.75) is 19.9 Å². The van der Waals surface area contributed by atoms with E-state index in [1.807, 2.05) is 0 Å². The minimum Gasteiger partial charge on any atom is -0.464 e. The lowest BCUT2D eigenvalue weighted by atomic mass is 10.3. The molecule has 0 fully saturated rings. The summed E-state index contributed by atoms with van der Waals surface area (Å²) < 4.78 is 13.9. The topological polar surface area (TPSA) is 90.9 Å². The van der Waals surface area contributed by atoms with E-state index in [1.54, 1.807) is 13.8 Å². The number of nitrogens with one attached hydrogen (secondary N) is 1. The molecule has 102 valence electrons. The summed E-state index contributed by atoms with van der Waals surface area (Å²) in [5, 5.41) is 2.06. The predicted octanol–water partition coefficient (Wildman–Crippen LogP) is 0.393. The summed E-state index contributed by atoms with van der Waals surface area (Å²) in [5.41, 5.74) is 0. The number of alkyl carbamates (subject to hydrolysis) is 1. The maximum Gasteiger partial charge on any atom is 0.408 e. The predicted molar refractivity (Wildman–Crippen MR) is 61.7 cm³/mol. The second kappa shape index (κ2) is 9.03. The molecule has 0 heterocycles. The largest absolute Gasteiger partial charge is 0.464 e. The Balaban J connectivity index is 4.55. The molecule has 0 saturated carbocycles. The molecule has 0 aromatic heterocycles. The molecular formula is C11H17NO6. The van der Waals surface area contributed by atoms with Crippen LogP contribution in [0.3, 0.4) is 0 Å². The fourth-order valence-electron chi connectivity index (χ4n) is 0.959. The van der Waals surface area contributed by atoms with Crippen molar-refractivity contribution in [2.75, 3.05) is 19.8 Å². The second-order valence-electron chi connectivity index (χ2n) is 2.97. The Hall–Kier alpha value is -2.05.